The SMILES string of the molecule is Fc1ccc(C2=C[NH+]3N=CN=C3C=N2)c(Cl)c1.[Cl-]. The lowest BCUT2D eigenvalue weighted by Crippen LogP contribution is -3.05. The zero-order chi connectivity index (χ0) is 11.8. The van der Waals surface area contributed by atoms with E-state index in [0.717, 1.165) is 10.8 Å². The Morgan fingerprint density at radius 1 is 1.28 bits per heavy atom. The van der Waals surface area contributed by atoms with Gasteiger partial charge in [0, 0.05) is 5.56 Å². The first-order valence-corrected chi connectivity index (χ1v) is 5.31. The topological polar surface area (TPSA) is 41.5 Å². The van der Waals surface area contributed by atoms with Crippen molar-refractivity contribution in [1.82, 2.24) is 0 Å². The number of nitrogens with zero attached hydrogens (tertiary/aromatic N) is 3. The lowest BCUT2D eigenvalue weighted by molar-refractivity contribution is -0.747. The molecule has 0 amide bonds. The van der Waals surface area contributed by atoms with Gasteiger partial charge in [-0.15, -0.1) is 5.01 Å². The molecule has 0 fully saturated rings. The fourth-order valence-corrected chi connectivity index (χ4v) is 1.90. The Morgan fingerprint density at radius 3 is 2.89 bits per heavy atom. The second-order valence-electron chi connectivity index (χ2n) is 3.56. The number of nitrogens with one attached hydrogen (secondary N) is 1. The molecule has 2 heterocycles. The molecule has 4 nitrogen and oxygen atoms in total. The van der Waals surface area contributed by atoms with E-state index in [1.807, 2.05) is 0 Å². The van der Waals surface area contributed by atoms with E-state index in [1.165, 1.54) is 18.5 Å². The van der Waals surface area contributed by atoms with Crippen LogP contribution in [0.25, 0.3) is 5.70 Å². The minimum absolute atomic E-state index is 0. The zero-order valence-corrected chi connectivity index (χ0v) is 10.5. The van der Waals surface area contributed by atoms with E-state index < -0.39 is 0 Å². The van der Waals surface area contributed by atoms with Crippen LogP contribution < -0.4 is 17.4 Å². The van der Waals surface area contributed by atoms with E-state index in [9.17, 15) is 4.39 Å². The van der Waals surface area contributed by atoms with Crippen molar-refractivity contribution in [3.8, 4) is 0 Å². The molecule has 7 heteroatoms. The first kappa shape index (κ1) is 12.9. The van der Waals surface area contributed by atoms with E-state index in [2.05, 4.69) is 15.1 Å². The highest BCUT2D eigenvalue weighted by Crippen LogP contribution is 2.25. The van der Waals surface area contributed by atoms with E-state index >= 15 is 0 Å². The van der Waals surface area contributed by atoms with Crippen molar-refractivity contribution in [1.29, 1.82) is 0 Å². The second-order valence-corrected chi connectivity index (χ2v) is 3.96. The molecule has 2 aliphatic rings. The van der Waals surface area contributed by atoms with Gasteiger partial charge in [-0.3, -0.25) is 0 Å². The van der Waals surface area contributed by atoms with E-state index in [4.69, 9.17) is 11.6 Å². The summed E-state index contributed by atoms with van der Waals surface area (Å²) in [4.78, 5) is 8.25. The normalized spacial score (nSPS) is 20.0. The van der Waals surface area contributed by atoms with Crippen LogP contribution in [0.2, 0.25) is 5.02 Å². The Bertz CT molecular complexity index is 607. The molecule has 0 saturated carbocycles. The molecule has 1 unspecified atom stereocenters. The zero-order valence-electron chi connectivity index (χ0n) is 8.94. The molecule has 0 saturated heterocycles. The summed E-state index contributed by atoms with van der Waals surface area (Å²) in [5.41, 5.74) is 1.33. The predicted molar refractivity (Wildman–Crippen MR) is 64.8 cm³/mol. The van der Waals surface area contributed by atoms with Crippen LogP contribution in [0, 0.1) is 5.82 Å². The predicted octanol–water partition coefficient (Wildman–Crippen LogP) is -1.89. The van der Waals surface area contributed by atoms with E-state index in [0.29, 0.717) is 16.3 Å². The molecule has 92 valence electrons. The van der Waals surface area contributed by atoms with Gasteiger partial charge in [-0.05, 0) is 18.2 Å². The molecule has 0 spiro atoms. The first-order valence-electron chi connectivity index (χ1n) is 4.93. The Balaban J connectivity index is 0.00000120. The number of hydrogen-bond acceptors (Lipinski definition) is 3. The van der Waals surface area contributed by atoms with Crippen molar-refractivity contribution in [2.75, 3.05) is 0 Å². The van der Waals surface area contributed by atoms with Gasteiger partial charge in [0.1, 0.15) is 17.7 Å². The average Bonchev–Trinajstić information content (AvgIpc) is 2.75. The fourth-order valence-electron chi connectivity index (χ4n) is 1.64. The number of rotatable bonds is 1. The Labute approximate surface area is 114 Å². The van der Waals surface area contributed by atoms with Crippen LogP contribution >= 0.6 is 11.6 Å². The van der Waals surface area contributed by atoms with E-state index in [-0.39, 0.29) is 18.2 Å². The van der Waals surface area contributed by atoms with Crippen LogP contribution in [-0.2, 0) is 0 Å². The van der Waals surface area contributed by atoms with Crippen LogP contribution in [0.5, 0.6) is 0 Å². The van der Waals surface area contributed by atoms with Gasteiger partial charge in [-0.2, -0.15) is 4.99 Å². The highest BCUT2D eigenvalue weighted by atomic mass is 35.5. The molecule has 0 aromatic heterocycles. The van der Waals surface area contributed by atoms with Crippen molar-refractivity contribution >= 4 is 35.7 Å². The molecule has 1 N–H and O–H groups in total. The maximum Gasteiger partial charge on any atom is 0.277 e. The van der Waals surface area contributed by atoms with Crippen molar-refractivity contribution < 1.29 is 21.8 Å². The fraction of sp³-hybridized carbons (Fsp3) is 0. The molecule has 18 heavy (non-hydrogen) atoms. The summed E-state index contributed by atoms with van der Waals surface area (Å²) in [5.74, 6) is 0.361. The van der Waals surface area contributed by atoms with Gasteiger partial charge >= 0.3 is 0 Å². The van der Waals surface area contributed by atoms with Crippen molar-refractivity contribution in [2.24, 2.45) is 15.1 Å². The molecule has 0 bridgehead atoms. The largest absolute Gasteiger partial charge is 1.00 e. The summed E-state index contributed by atoms with van der Waals surface area (Å²) in [6, 6.07) is 4.21. The summed E-state index contributed by atoms with van der Waals surface area (Å²) in [7, 11) is 0. The molecule has 2 aliphatic heterocycles. The lowest BCUT2D eigenvalue weighted by Gasteiger charge is -2.10. The number of benzene rings is 1. The third-order valence-electron chi connectivity index (χ3n) is 2.46. The van der Waals surface area contributed by atoms with Crippen molar-refractivity contribution in [3.63, 3.8) is 0 Å². The van der Waals surface area contributed by atoms with Gasteiger partial charge < -0.3 is 12.4 Å². The van der Waals surface area contributed by atoms with Crippen LogP contribution in [0.1, 0.15) is 5.56 Å². The maximum atomic E-state index is 12.9. The molecule has 0 radical (unpaired) electrons. The van der Waals surface area contributed by atoms with Crippen LogP contribution in [0.3, 0.4) is 0 Å². The minimum Gasteiger partial charge on any atom is -1.00 e. The average molecular weight is 285 g/mol. The van der Waals surface area contributed by atoms with Gasteiger partial charge in [-0.1, -0.05) is 16.7 Å². The summed E-state index contributed by atoms with van der Waals surface area (Å²) in [5, 5.41) is 5.16. The Kier molecular flexibility index (Phi) is 3.56. The van der Waals surface area contributed by atoms with Gasteiger partial charge in [0.15, 0.2) is 12.5 Å². The Hall–Kier alpha value is -1.56. The van der Waals surface area contributed by atoms with Crippen molar-refractivity contribution in [2.45, 2.75) is 0 Å². The first-order chi connectivity index (χ1) is 8.24. The van der Waals surface area contributed by atoms with Gasteiger partial charge in [0.05, 0.1) is 5.02 Å². The Morgan fingerprint density at radius 2 is 2.11 bits per heavy atom. The number of halogens is 3. The lowest BCUT2D eigenvalue weighted by atomic mass is 10.1. The van der Waals surface area contributed by atoms with Crippen molar-refractivity contribution in [3.05, 3.63) is 40.8 Å². The van der Waals surface area contributed by atoms with Crippen LogP contribution in [0.15, 0.2) is 39.5 Å². The van der Waals surface area contributed by atoms with Gasteiger partial charge in [-0.25, -0.2) is 9.38 Å². The van der Waals surface area contributed by atoms with E-state index in [1.54, 1.807) is 18.5 Å². The third-order valence-corrected chi connectivity index (χ3v) is 2.78. The quantitative estimate of drug-likeness (QED) is 0.627. The molecule has 1 aromatic rings. The van der Waals surface area contributed by atoms with Crippen LogP contribution in [0.4, 0.5) is 4.39 Å². The van der Waals surface area contributed by atoms with Crippen LogP contribution in [-0.4, -0.2) is 18.4 Å². The number of quaternary nitrogens is 1. The third kappa shape index (κ3) is 2.20. The number of hydrogen-bond donors (Lipinski definition) is 1. The standard InChI is InChI=1S/C11H6ClFN4.ClH/c12-9-3-7(13)1-2-8(9)10-5-17-11(4-14-10)15-6-16-17;/h1-6H;1H. The second kappa shape index (κ2) is 4.97. The highest BCUT2D eigenvalue weighted by molar-refractivity contribution is 6.33. The monoisotopic (exact) mass is 284 g/mol. The smallest absolute Gasteiger partial charge is 0.277 e. The molecular weight excluding hydrogens is 278 g/mol. The summed E-state index contributed by atoms with van der Waals surface area (Å²) >= 11 is 5.97. The minimum atomic E-state index is -0.368. The molecule has 1 aromatic carbocycles. The molecular formula is C11H7Cl2FN4. The number of aliphatic imine (C=N–C) groups is 2. The maximum absolute atomic E-state index is 12.9. The summed E-state index contributed by atoms with van der Waals surface area (Å²) in [6.45, 7) is 0. The van der Waals surface area contributed by atoms with Gasteiger partial charge in [0.2, 0.25) is 0 Å². The number of fused-ring (bicyclic) bond motifs is 1. The molecule has 1 atom stereocenters. The summed E-state index contributed by atoms with van der Waals surface area (Å²) < 4.78 is 12.9. The summed E-state index contributed by atoms with van der Waals surface area (Å²) in [6.07, 6.45) is 4.88. The number of amidine groups is 1. The highest BCUT2D eigenvalue weighted by Gasteiger charge is 2.23. The molecule has 3 rings (SSSR count). The van der Waals surface area contributed by atoms with Gasteiger partial charge in [0.25, 0.3) is 5.84 Å². The molecule has 0 aliphatic carbocycles.